The number of rotatable bonds is 5. The minimum Gasteiger partial charge on any atom is -0.300 e. The van der Waals surface area contributed by atoms with Gasteiger partial charge in [0.25, 0.3) is 0 Å². The molecule has 164 valence electrons. The number of Topliss-reactive ketones (excluding diaryl/α,β-unsaturated/α-hetero) is 1. The Kier molecular flexibility index (Phi) is 6.09. The van der Waals surface area contributed by atoms with E-state index in [4.69, 9.17) is 0 Å². The van der Waals surface area contributed by atoms with Crippen molar-refractivity contribution in [3.63, 3.8) is 0 Å². The average molecular weight is 399 g/mol. The lowest BCUT2D eigenvalue weighted by molar-refractivity contribution is -0.139. The van der Waals surface area contributed by atoms with Crippen LogP contribution < -0.4 is 0 Å². The maximum Gasteiger partial charge on any atom is 0.133 e. The summed E-state index contributed by atoms with van der Waals surface area (Å²) in [4.78, 5) is 12.1. The molecule has 0 bridgehead atoms. The van der Waals surface area contributed by atoms with Crippen molar-refractivity contribution in [3.05, 3.63) is 12.2 Å². The Balaban J connectivity index is 1.46. The Labute approximate surface area is 180 Å². The predicted molar refractivity (Wildman–Crippen MR) is 123 cm³/mol. The van der Waals surface area contributed by atoms with Crippen LogP contribution in [-0.4, -0.2) is 5.78 Å². The minimum atomic E-state index is 0.460. The number of carbonyl (C=O) groups excluding carboxylic acids is 1. The molecule has 1 heteroatoms. The van der Waals surface area contributed by atoms with Crippen molar-refractivity contribution in [1.29, 1.82) is 0 Å². The number of ketones is 1. The summed E-state index contributed by atoms with van der Waals surface area (Å²) in [5.74, 6) is 6.43. The van der Waals surface area contributed by atoms with Crippen LogP contribution in [0.5, 0.6) is 0 Å². The van der Waals surface area contributed by atoms with E-state index >= 15 is 0 Å². The van der Waals surface area contributed by atoms with Gasteiger partial charge in [0.1, 0.15) is 5.78 Å². The van der Waals surface area contributed by atoms with E-state index in [9.17, 15) is 4.79 Å². The summed E-state index contributed by atoms with van der Waals surface area (Å²) in [6, 6.07) is 0. The molecular weight excluding hydrogens is 352 g/mol. The first-order chi connectivity index (χ1) is 13.8. The van der Waals surface area contributed by atoms with E-state index in [0.29, 0.717) is 22.5 Å². The molecule has 0 aromatic heterocycles. The Morgan fingerprint density at radius 3 is 2.48 bits per heavy atom. The van der Waals surface area contributed by atoms with Crippen LogP contribution in [0.4, 0.5) is 0 Å². The standard InChI is InChI=1S/C28H46O/c1-6-20(19(2)3)8-7-9-21-11-13-25-24-12-10-22-18-23(29)14-16-28(22,5)26(24)15-17-27(21,25)4/h7-8,19-22,24-26H,6,9-18H2,1-5H3/b8-7+/t20-,21?,22?,24?,25?,26?,27-,28+/m1/s1. The lowest BCUT2D eigenvalue weighted by atomic mass is 9.44. The third-order valence-corrected chi connectivity index (χ3v) is 10.8. The summed E-state index contributed by atoms with van der Waals surface area (Å²) < 4.78 is 0. The fourth-order valence-corrected chi connectivity index (χ4v) is 8.79. The van der Waals surface area contributed by atoms with Gasteiger partial charge in [-0.25, -0.2) is 0 Å². The topological polar surface area (TPSA) is 17.1 Å². The molecule has 0 radical (unpaired) electrons. The summed E-state index contributed by atoms with van der Waals surface area (Å²) in [7, 11) is 0. The zero-order valence-corrected chi connectivity index (χ0v) is 19.9. The van der Waals surface area contributed by atoms with E-state index < -0.39 is 0 Å². The normalized spacial score (nSPS) is 45.9. The Bertz CT molecular complexity index is 632. The second-order valence-electron chi connectivity index (χ2n) is 12.2. The van der Waals surface area contributed by atoms with Crippen LogP contribution in [0.15, 0.2) is 12.2 Å². The monoisotopic (exact) mass is 398 g/mol. The molecule has 4 saturated carbocycles. The van der Waals surface area contributed by atoms with Gasteiger partial charge in [-0.2, -0.15) is 0 Å². The van der Waals surface area contributed by atoms with E-state index in [1.165, 1.54) is 57.8 Å². The second kappa shape index (κ2) is 8.16. The molecule has 0 aromatic rings. The number of carbonyl (C=O) groups is 1. The van der Waals surface area contributed by atoms with Crippen LogP contribution >= 0.6 is 0 Å². The first-order valence-corrected chi connectivity index (χ1v) is 13.0. The number of hydrogen-bond donors (Lipinski definition) is 0. The van der Waals surface area contributed by atoms with Crippen molar-refractivity contribution >= 4 is 5.78 Å². The third-order valence-electron chi connectivity index (χ3n) is 10.8. The molecule has 0 spiro atoms. The van der Waals surface area contributed by atoms with Crippen molar-refractivity contribution in [1.82, 2.24) is 0 Å². The minimum absolute atomic E-state index is 0.460. The summed E-state index contributed by atoms with van der Waals surface area (Å²) in [6.07, 6.45) is 19.1. The maximum absolute atomic E-state index is 12.1. The molecule has 0 aliphatic heterocycles. The fraction of sp³-hybridized carbons (Fsp3) is 0.893. The van der Waals surface area contributed by atoms with Crippen LogP contribution in [-0.2, 0) is 4.79 Å². The molecule has 4 fully saturated rings. The fourth-order valence-electron chi connectivity index (χ4n) is 8.79. The van der Waals surface area contributed by atoms with Crippen LogP contribution in [0.1, 0.15) is 105 Å². The molecule has 8 atom stereocenters. The molecule has 5 unspecified atom stereocenters. The molecule has 0 heterocycles. The zero-order chi connectivity index (χ0) is 20.8. The Morgan fingerprint density at radius 1 is 1.00 bits per heavy atom. The zero-order valence-electron chi connectivity index (χ0n) is 19.9. The maximum atomic E-state index is 12.1. The van der Waals surface area contributed by atoms with Gasteiger partial charge in [0.15, 0.2) is 0 Å². The van der Waals surface area contributed by atoms with Crippen molar-refractivity contribution in [2.24, 2.45) is 52.3 Å². The van der Waals surface area contributed by atoms with Crippen molar-refractivity contribution in [3.8, 4) is 0 Å². The van der Waals surface area contributed by atoms with Gasteiger partial charge in [-0.1, -0.05) is 46.8 Å². The first kappa shape index (κ1) is 21.6. The molecule has 29 heavy (non-hydrogen) atoms. The molecular formula is C28H46O. The van der Waals surface area contributed by atoms with Crippen LogP contribution in [0.2, 0.25) is 0 Å². The van der Waals surface area contributed by atoms with Crippen molar-refractivity contribution < 1.29 is 4.79 Å². The highest BCUT2D eigenvalue weighted by Crippen LogP contribution is 2.67. The van der Waals surface area contributed by atoms with Gasteiger partial charge in [-0.15, -0.1) is 0 Å². The Hall–Kier alpha value is -0.590. The van der Waals surface area contributed by atoms with Gasteiger partial charge in [0, 0.05) is 12.8 Å². The lowest BCUT2D eigenvalue weighted by Gasteiger charge is -2.60. The van der Waals surface area contributed by atoms with Crippen LogP contribution in [0, 0.1) is 52.3 Å². The highest BCUT2D eigenvalue weighted by atomic mass is 16.1. The van der Waals surface area contributed by atoms with Gasteiger partial charge < -0.3 is 0 Å². The van der Waals surface area contributed by atoms with Crippen LogP contribution in [0.3, 0.4) is 0 Å². The van der Waals surface area contributed by atoms with Crippen LogP contribution in [0.25, 0.3) is 0 Å². The first-order valence-electron chi connectivity index (χ1n) is 13.0. The quantitative estimate of drug-likeness (QED) is 0.431. The highest BCUT2D eigenvalue weighted by molar-refractivity contribution is 5.79. The molecule has 0 aromatic carbocycles. The van der Waals surface area contributed by atoms with E-state index in [-0.39, 0.29) is 0 Å². The SMILES string of the molecule is CC[C@H](/C=C/CC1CCC2C3CCC4CC(=O)CC[C@]4(C)C3CC[C@]12C)C(C)C. The van der Waals surface area contributed by atoms with Crippen molar-refractivity contribution in [2.45, 2.75) is 105 Å². The van der Waals surface area contributed by atoms with E-state index in [2.05, 4.69) is 46.8 Å². The van der Waals surface area contributed by atoms with E-state index in [1.807, 2.05) is 0 Å². The predicted octanol–water partition coefficient (Wildman–Crippen LogP) is 7.84. The average Bonchev–Trinajstić information content (AvgIpc) is 3.02. The smallest absolute Gasteiger partial charge is 0.133 e. The van der Waals surface area contributed by atoms with Gasteiger partial charge in [-0.05, 0) is 110 Å². The largest absolute Gasteiger partial charge is 0.300 e. The van der Waals surface area contributed by atoms with Gasteiger partial charge >= 0.3 is 0 Å². The highest BCUT2D eigenvalue weighted by Gasteiger charge is 2.59. The van der Waals surface area contributed by atoms with E-state index in [1.54, 1.807) is 0 Å². The molecule has 1 nitrogen and oxygen atoms in total. The second-order valence-corrected chi connectivity index (χ2v) is 12.2. The lowest BCUT2D eigenvalue weighted by Crippen LogP contribution is -2.53. The van der Waals surface area contributed by atoms with E-state index in [0.717, 1.165) is 48.3 Å². The molecule has 4 rings (SSSR count). The molecule has 4 aliphatic rings. The molecule has 0 saturated heterocycles. The summed E-state index contributed by atoms with van der Waals surface area (Å²) in [6.45, 7) is 12.3. The summed E-state index contributed by atoms with van der Waals surface area (Å²) in [5, 5.41) is 0. The number of fused-ring (bicyclic) bond motifs is 5. The number of allylic oxidation sites excluding steroid dienone is 2. The summed E-state index contributed by atoms with van der Waals surface area (Å²) in [5.41, 5.74) is 1.03. The summed E-state index contributed by atoms with van der Waals surface area (Å²) >= 11 is 0. The number of hydrogen-bond acceptors (Lipinski definition) is 1. The van der Waals surface area contributed by atoms with Gasteiger partial charge in [0.05, 0.1) is 0 Å². The van der Waals surface area contributed by atoms with Gasteiger partial charge in [0.2, 0.25) is 0 Å². The Morgan fingerprint density at radius 2 is 1.76 bits per heavy atom. The third kappa shape index (κ3) is 3.67. The molecule has 0 amide bonds. The molecule has 0 N–H and O–H groups in total. The van der Waals surface area contributed by atoms with Gasteiger partial charge in [-0.3, -0.25) is 4.79 Å². The van der Waals surface area contributed by atoms with Crippen molar-refractivity contribution in [2.75, 3.05) is 0 Å². The molecule has 4 aliphatic carbocycles.